The van der Waals surface area contributed by atoms with Crippen molar-refractivity contribution in [3.05, 3.63) is 35.9 Å². The predicted octanol–water partition coefficient (Wildman–Crippen LogP) is 2.27. The molecule has 0 aromatic heterocycles. The van der Waals surface area contributed by atoms with Gasteiger partial charge in [-0.3, -0.25) is 9.69 Å². The van der Waals surface area contributed by atoms with E-state index in [0.29, 0.717) is 12.5 Å². The van der Waals surface area contributed by atoms with E-state index in [4.69, 9.17) is 0 Å². The maximum atomic E-state index is 12.7. The summed E-state index contributed by atoms with van der Waals surface area (Å²) in [6.07, 6.45) is 5.83. The van der Waals surface area contributed by atoms with Crippen LogP contribution in [0.25, 0.3) is 0 Å². The molecule has 1 aromatic carbocycles. The van der Waals surface area contributed by atoms with Gasteiger partial charge in [0.1, 0.15) is 0 Å². The van der Waals surface area contributed by atoms with Gasteiger partial charge in [-0.25, -0.2) is 0 Å². The molecule has 0 radical (unpaired) electrons. The van der Waals surface area contributed by atoms with Gasteiger partial charge in [0.05, 0.1) is 13.2 Å². The van der Waals surface area contributed by atoms with Crippen LogP contribution in [0.5, 0.6) is 0 Å². The molecule has 0 bridgehead atoms. The Labute approximate surface area is 139 Å². The monoisotopic (exact) mass is 316 g/mol. The molecule has 23 heavy (non-hydrogen) atoms. The minimum absolute atomic E-state index is 0.115. The standard InChI is InChI=1S/C19H28N2O2/c22-15-18(17-9-10-17)21(13-16-7-3-1-4-8-16)14-19(23)20-11-5-2-6-12-20/h1,3-4,7-8,17-18,22H,2,5-6,9-15H2. The first-order chi connectivity index (χ1) is 11.3. The van der Waals surface area contributed by atoms with Crippen LogP contribution in [-0.4, -0.2) is 53.1 Å². The number of rotatable bonds is 7. The van der Waals surface area contributed by atoms with E-state index in [1.54, 1.807) is 0 Å². The summed E-state index contributed by atoms with van der Waals surface area (Å²) >= 11 is 0. The summed E-state index contributed by atoms with van der Waals surface area (Å²) in [5.41, 5.74) is 1.21. The molecule has 1 saturated heterocycles. The van der Waals surface area contributed by atoms with Crippen LogP contribution in [0, 0.1) is 5.92 Å². The molecule has 1 N–H and O–H groups in total. The fourth-order valence-electron chi connectivity index (χ4n) is 3.57. The van der Waals surface area contributed by atoms with E-state index in [9.17, 15) is 9.90 Å². The van der Waals surface area contributed by atoms with Crippen LogP contribution < -0.4 is 0 Å². The molecule has 1 heterocycles. The molecular weight excluding hydrogens is 288 g/mol. The van der Waals surface area contributed by atoms with E-state index >= 15 is 0 Å². The van der Waals surface area contributed by atoms with Crippen LogP contribution in [0.4, 0.5) is 0 Å². The Morgan fingerprint density at radius 2 is 1.87 bits per heavy atom. The molecule has 1 unspecified atom stereocenters. The third-order valence-electron chi connectivity index (χ3n) is 5.10. The lowest BCUT2D eigenvalue weighted by molar-refractivity contribution is -0.134. The zero-order valence-electron chi connectivity index (χ0n) is 13.9. The number of amides is 1. The van der Waals surface area contributed by atoms with Crippen LogP contribution in [0.1, 0.15) is 37.7 Å². The first kappa shape index (κ1) is 16.5. The topological polar surface area (TPSA) is 43.8 Å². The van der Waals surface area contributed by atoms with Crippen molar-refractivity contribution in [3.63, 3.8) is 0 Å². The molecule has 2 aliphatic rings. The molecule has 126 valence electrons. The van der Waals surface area contributed by atoms with Gasteiger partial charge in [-0.15, -0.1) is 0 Å². The lowest BCUT2D eigenvalue weighted by atomic mass is 10.1. The molecule has 1 amide bonds. The zero-order valence-corrected chi connectivity index (χ0v) is 13.9. The smallest absolute Gasteiger partial charge is 0.236 e. The Morgan fingerprint density at radius 1 is 1.17 bits per heavy atom. The summed E-state index contributed by atoms with van der Waals surface area (Å²) in [7, 11) is 0. The molecular formula is C19H28N2O2. The van der Waals surface area contributed by atoms with Crippen molar-refractivity contribution in [2.24, 2.45) is 5.92 Å². The van der Waals surface area contributed by atoms with Gasteiger partial charge in [0.25, 0.3) is 0 Å². The highest BCUT2D eigenvalue weighted by Crippen LogP contribution is 2.35. The van der Waals surface area contributed by atoms with Crippen LogP contribution >= 0.6 is 0 Å². The highest BCUT2D eigenvalue weighted by molar-refractivity contribution is 5.78. The fourth-order valence-corrected chi connectivity index (χ4v) is 3.57. The Hall–Kier alpha value is -1.39. The number of carbonyl (C=O) groups is 1. The fraction of sp³-hybridized carbons (Fsp3) is 0.632. The number of nitrogens with zero attached hydrogens (tertiary/aromatic N) is 2. The van der Waals surface area contributed by atoms with Crippen molar-refractivity contribution in [1.82, 2.24) is 9.80 Å². The highest BCUT2D eigenvalue weighted by Gasteiger charge is 2.36. The number of piperidine rings is 1. The number of carbonyl (C=O) groups excluding carboxylic acids is 1. The molecule has 4 heteroatoms. The van der Waals surface area contributed by atoms with E-state index in [-0.39, 0.29) is 18.6 Å². The Morgan fingerprint density at radius 3 is 2.48 bits per heavy atom. The summed E-state index contributed by atoms with van der Waals surface area (Å²) < 4.78 is 0. The number of benzene rings is 1. The van der Waals surface area contributed by atoms with Crippen molar-refractivity contribution in [3.8, 4) is 0 Å². The number of hydrogen-bond donors (Lipinski definition) is 1. The number of aliphatic hydroxyl groups excluding tert-OH is 1. The summed E-state index contributed by atoms with van der Waals surface area (Å²) in [6.45, 7) is 3.10. The van der Waals surface area contributed by atoms with Gasteiger partial charge in [0, 0.05) is 25.7 Å². The summed E-state index contributed by atoms with van der Waals surface area (Å²) in [5.74, 6) is 0.776. The second kappa shape index (κ2) is 7.93. The average Bonchev–Trinajstić information content (AvgIpc) is 3.42. The number of likely N-dealkylation sites (tertiary alicyclic amines) is 1. The summed E-state index contributed by atoms with van der Waals surface area (Å²) in [4.78, 5) is 16.9. The first-order valence-electron chi connectivity index (χ1n) is 8.94. The quantitative estimate of drug-likeness (QED) is 0.839. The maximum absolute atomic E-state index is 12.7. The van der Waals surface area contributed by atoms with Crippen molar-refractivity contribution in [1.29, 1.82) is 0 Å². The molecule has 3 rings (SSSR count). The second-order valence-corrected chi connectivity index (χ2v) is 6.92. The highest BCUT2D eigenvalue weighted by atomic mass is 16.3. The Kier molecular flexibility index (Phi) is 5.68. The molecule has 1 saturated carbocycles. The number of hydrogen-bond acceptors (Lipinski definition) is 3. The second-order valence-electron chi connectivity index (χ2n) is 6.92. The van der Waals surface area contributed by atoms with E-state index in [1.165, 1.54) is 24.8 Å². The third-order valence-corrected chi connectivity index (χ3v) is 5.10. The average molecular weight is 316 g/mol. The Balaban J connectivity index is 1.67. The molecule has 0 spiro atoms. The van der Waals surface area contributed by atoms with Gasteiger partial charge in [-0.2, -0.15) is 0 Å². The van der Waals surface area contributed by atoms with Gasteiger partial charge < -0.3 is 10.0 Å². The lowest BCUT2D eigenvalue weighted by Gasteiger charge is -2.34. The first-order valence-corrected chi connectivity index (χ1v) is 8.94. The predicted molar refractivity (Wildman–Crippen MR) is 90.9 cm³/mol. The molecule has 1 aromatic rings. The molecule has 4 nitrogen and oxygen atoms in total. The third kappa shape index (κ3) is 4.55. The molecule has 1 aliphatic carbocycles. The Bertz CT molecular complexity index is 495. The van der Waals surface area contributed by atoms with Crippen molar-refractivity contribution >= 4 is 5.91 Å². The summed E-state index contributed by atoms with van der Waals surface area (Å²) in [5, 5.41) is 9.84. The largest absolute Gasteiger partial charge is 0.395 e. The van der Waals surface area contributed by atoms with Crippen molar-refractivity contribution < 1.29 is 9.90 Å². The van der Waals surface area contributed by atoms with Crippen LogP contribution in [0.15, 0.2) is 30.3 Å². The van der Waals surface area contributed by atoms with Crippen molar-refractivity contribution in [2.45, 2.75) is 44.7 Å². The minimum atomic E-state index is 0.115. The van der Waals surface area contributed by atoms with E-state index in [0.717, 1.165) is 32.5 Å². The number of aliphatic hydroxyl groups is 1. The maximum Gasteiger partial charge on any atom is 0.236 e. The SMILES string of the molecule is O=C(CN(Cc1ccccc1)C(CO)C1CC1)N1CCCCC1. The van der Waals surface area contributed by atoms with Crippen LogP contribution in [-0.2, 0) is 11.3 Å². The van der Waals surface area contributed by atoms with E-state index in [1.807, 2.05) is 23.1 Å². The normalized spacial score (nSPS) is 19.8. The van der Waals surface area contributed by atoms with Crippen LogP contribution in [0.3, 0.4) is 0 Å². The lowest BCUT2D eigenvalue weighted by Crippen LogP contribution is -2.47. The molecule has 1 atom stereocenters. The van der Waals surface area contributed by atoms with E-state index in [2.05, 4.69) is 17.0 Å². The van der Waals surface area contributed by atoms with Crippen LogP contribution in [0.2, 0.25) is 0 Å². The van der Waals surface area contributed by atoms with Gasteiger partial charge in [-0.1, -0.05) is 30.3 Å². The van der Waals surface area contributed by atoms with Gasteiger partial charge in [-0.05, 0) is 43.6 Å². The van der Waals surface area contributed by atoms with Gasteiger partial charge in [0.15, 0.2) is 0 Å². The summed E-state index contributed by atoms with van der Waals surface area (Å²) in [6, 6.07) is 10.4. The van der Waals surface area contributed by atoms with Gasteiger partial charge in [0.2, 0.25) is 5.91 Å². The molecule has 1 aliphatic heterocycles. The van der Waals surface area contributed by atoms with Gasteiger partial charge >= 0.3 is 0 Å². The molecule has 2 fully saturated rings. The zero-order chi connectivity index (χ0) is 16.1. The van der Waals surface area contributed by atoms with E-state index < -0.39 is 0 Å². The minimum Gasteiger partial charge on any atom is -0.395 e. The van der Waals surface area contributed by atoms with Crippen molar-refractivity contribution in [2.75, 3.05) is 26.2 Å².